The van der Waals surface area contributed by atoms with Crippen LogP contribution in [0.2, 0.25) is 0 Å². The van der Waals surface area contributed by atoms with Crippen molar-refractivity contribution in [3.8, 4) is 0 Å². The Balaban J connectivity index is 0. The largest absolute Gasteiger partial charge is 0.207 e. The van der Waals surface area contributed by atoms with Crippen LogP contribution in [0, 0.1) is 24.4 Å². The highest BCUT2D eigenvalue weighted by molar-refractivity contribution is 5.30. The van der Waals surface area contributed by atoms with Gasteiger partial charge in [-0.1, -0.05) is 51.8 Å². The molecule has 30 heavy (non-hydrogen) atoms. The van der Waals surface area contributed by atoms with Crippen LogP contribution in [0.4, 0.5) is 13.2 Å². The quantitative estimate of drug-likeness (QED) is 0.408. The van der Waals surface area contributed by atoms with Crippen molar-refractivity contribution in [2.24, 2.45) is 0 Å². The normalized spacial score (nSPS) is 10.3. The fourth-order valence-electron chi connectivity index (χ4n) is 2.85. The average molecular weight is 421 g/mol. The summed E-state index contributed by atoms with van der Waals surface area (Å²) in [6.07, 6.45) is 6.55. The molecule has 0 amide bonds. The molecule has 0 aliphatic carbocycles. The van der Waals surface area contributed by atoms with Crippen molar-refractivity contribution in [3.63, 3.8) is 0 Å². The Morgan fingerprint density at radius 1 is 0.967 bits per heavy atom. The maximum Gasteiger partial charge on any atom is 0.126 e. The Hall–Kier alpha value is -2.29. The lowest BCUT2D eigenvalue weighted by atomic mass is 9.93. The Bertz CT molecular complexity index is 707. The van der Waals surface area contributed by atoms with E-state index in [0.29, 0.717) is 17.9 Å². The van der Waals surface area contributed by atoms with Crippen molar-refractivity contribution in [1.82, 2.24) is 0 Å². The molecule has 0 bridgehead atoms. The second-order valence-electron chi connectivity index (χ2n) is 6.89. The van der Waals surface area contributed by atoms with E-state index >= 15 is 0 Å². The van der Waals surface area contributed by atoms with Crippen molar-refractivity contribution in [2.75, 3.05) is 0 Å². The minimum absolute atomic E-state index is 0.0829. The lowest BCUT2D eigenvalue weighted by Crippen LogP contribution is -1.98. The third-order valence-electron chi connectivity index (χ3n) is 4.37. The maximum absolute atomic E-state index is 13.2. The molecular weight excluding hydrogens is 381 g/mol. The summed E-state index contributed by atoms with van der Waals surface area (Å²) in [7, 11) is 0. The van der Waals surface area contributed by atoms with Crippen LogP contribution in [0.3, 0.4) is 0 Å². The molecule has 0 saturated carbocycles. The Morgan fingerprint density at radius 2 is 1.57 bits per heavy atom. The van der Waals surface area contributed by atoms with Crippen LogP contribution >= 0.6 is 0 Å². The first-order valence-corrected chi connectivity index (χ1v) is 10.6. The van der Waals surface area contributed by atoms with Gasteiger partial charge in [0.1, 0.15) is 17.5 Å². The van der Waals surface area contributed by atoms with E-state index in [-0.39, 0.29) is 17.5 Å². The highest BCUT2D eigenvalue weighted by Gasteiger charge is 2.09. The van der Waals surface area contributed by atoms with Crippen LogP contribution in [0.25, 0.3) is 0 Å². The van der Waals surface area contributed by atoms with Crippen molar-refractivity contribution < 1.29 is 13.2 Å². The molecule has 3 heteroatoms. The van der Waals surface area contributed by atoms with Crippen LogP contribution in [0.5, 0.6) is 0 Å². The van der Waals surface area contributed by atoms with Gasteiger partial charge in [-0.2, -0.15) is 0 Å². The van der Waals surface area contributed by atoms with Crippen LogP contribution in [0.15, 0.2) is 62.2 Å². The van der Waals surface area contributed by atoms with Gasteiger partial charge < -0.3 is 0 Å². The van der Waals surface area contributed by atoms with Gasteiger partial charge in [-0.3, -0.25) is 0 Å². The van der Waals surface area contributed by atoms with Crippen molar-refractivity contribution in [1.29, 1.82) is 0 Å². The van der Waals surface area contributed by atoms with Crippen molar-refractivity contribution in [2.45, 2.75) is 72.6 Å². The topological polar surface area (TPSA) is 0 Å². The molecule has 2 aromatic carbocycles. The zero-order valence-electron chi connectivity index (χ0n) is 19.4. The van der Waals surface area contributed by atoms with E-state index in [4.69, 9.17) is 0 Å². The highest BCUT2D eigenvalue weighted by Crippen LogP contribution is 2.24. The number of benzene rings is 2. The highest BCUT2D eigenvalue weighted by atomic mass is 19.1. The summed E-state index contributed by atoms with van der Waals surface area (Å²) in [6.45, 7) is 19.4. The van der Waals surface area contributed by atoms with Crippen LogP contribution in [0.1, 0.15) is 76.0 Å². The smallest absolute Gasteiger partial charge is 0.126 e. The fraction of sp³-hybridized carbons (Fsp3) is 0.407. The Labute approximate surface area is 182 Å². The van der Waals surface area contributed by atoms with Gasteiger partial charge in [0.15, 0.2) is 0 Å². The third-order valence-corrected chi connectivity index (χ3v) is 4.37. The van der Waals surface area contributed by atoms with E-state index in [1.165, 1.54) is 18.2 Å². The molecule has 0 aliphatic rings. The summed E-state index contributed by atoms with van der Waals surface area (Å²) in [4.78, 5) is 0. The van der Waals surface area contributed by atoms with Crippen LogP contribution < -0.4 is 0 Å². The van der Waals surface area contributed by atoms with Gasteiger partial charge in [0, 0.05) is 0 Å². The maximum atomic E-state index is 13.2. The lowest BCUT2D eigenvalue weighted by molar-refractivity contribution is 0.580. The van der Waals surface area contributed by atoms with E-state index in [9.17, 15) is 13.2 Å². The summed E-state index contributed by atoms with van der Waals surface area (Å²) in [5.41, 5.74) is 2.45. The number of allylic oxidation sites excluding steroid dienone is 1. The van der Waals surface area contributed by atoms with Gasteiger partial charge >= 0.3 is 0 Å². The summed E-state index contributed by atoms with van der Waals surface area (Å²) in [5.74, 6) is -0.270. The molecule has 1 atom stereocenters. The van der Waals surface area contributed by atoms with Gasteiger partial charge in [-0.15, -0.1) is 19.7 Å². The van der Waals surface area contributed by atoms with Crippen molar-refractivity contribution in [3.05, 3.63) is 96.4 Å². The van der Waals surface area contributed by atoms with Gasteiger partial charge in [0.2, 0.25) is 0 Å². The van der Waals surface area contributed by atoms with Crippen LogP contribution in [-0.2, 0) is 6.42 Å². The fourth-order valence-corrected chi connectivity index (χ4v) is 2.85. The van der Waals surface area contributed by atoms with Gasteiger partial charge in [0.25, 0.3) is 0 Å². The molecule has 2 aromatic rings. The lowest BCUT2D eigenvalue weighted by Gasteiger charge is -2.13. The van der Waals surface area contributed by atoms with E-state index < -0.39 is 0 Å². The molecular formula is C27H39F3. The first-order chi connectivity index (χ1) is 14.3. The molecule has 0 nitrogen and oxygen atoms in total. The van der Waals surface area contributed by atoms with E-state index in [1.54, 1.807) is 12.1 Å². The van der Waals surface area contributed by atoms with Gasteiger partial charge in [-0.05, 0) is 80.0 Å². The molecule has 0 aliphatic heterocycles. The van der Waals surface area contributed by atoms with Gasteiger partial charge in [-0.25, -0.2) is 13.2 Å². The third kappa shape index (κ3) is 12.3. The molecule has 0 spiro atoms. The SMILES string of the molecule is C=C.C=CC.CCCC(C)c1cccc(F)c1C.CCCCc1cc(F)ccc1F. The average Bonchev–Trinajstić information content (AvgIpc) is 2.73. The monoisotopic (exact) mass is 420 g/mol. The molecule has 1 unspecified atom stereocenters. The summed E-state index contributed by atoms with van der Waals surface area (Å²) in [6, 6.07) is 8.94. The number of hydrogen-bond acceptors (Lipinski definition) is 0. The van der Waals surface area contributed by atoms with E-state index in [2.05, 4.69) is 33.6 Å². The zero-order chi connectivity index (χ0) is 23.5. The minimum Gasteiger partial charge on any atom is -0.207 e. The first-order valence-electron chi connectivity index (χ1n) is 10.6. The number of halogens is 3. The Kier molecular flexibility index (Phi) is 18.7. The minimum atomic E-state index is -0.359. The molecule has 0 fully saturated rings. The molecule has 0 aromatic heterocycles. The van der Waals surface area contributed by atoms with E-state index in [1.807, 2.05) is 26.8 Å². The Morgan fingerprint density at radius 3 is 2.10 bits per heavy atom. The number of aryl methyl sites for hydroxylation is 1. The van der Waals surface area contributed by atoms with Crippen LogP contribution in [-0.4, -0.2) is 0 Å². The number of unbranched alkanes of at least 4 members (excludes halogenated alkanes) is 1. The van der Waals surface area contributed by atoms with Crippen molar-refractivity contribution >= 4 is 0 Å². The predicted octanol–water partition coefficient (Wildman–Crippen LogP) is 9.34. The van der Waals surface area contributed by atoms with Gasteiger partial charge in [0.05, 0.1) is 0 Å². The number of rotatable bonds is 6. The predicted molar refractivity (Wildman–Crippen MR) is 127 cm³/mol. The molecule has 0 heterocycles. The standard InChI is InChI=1S/C12H17F.C10H12F2.C3H6.C2H4/c1-4-6-9(2)11-7-5-8-12(13)10(11)3;1-2-3-4-8-7-9(11)5-6-10(8)12;1-3-2;1-2/h5,7-9H,4,6H2,1-3H3;5-7H,2-4H2,1H3;3H,1H2,2H3;1-2H2. The molecule has 0 saturated heterocycles. The molecule has 2 rings (SSSR count). The second kappa shape index (κ2) is 18.7. The summed E-state index contributed by atoms with van der Waals surface area (Å²) in [5, 5.41) is 0. The summed E-state index contributed by atoms with van der Waals surface area (Å²) < 4.78 is 38.7. The van der Waals surface area contributed by atoms with E-state index in [0.717, 1.165) is 42.9 Å². The molecule has 168 valence electrons. The number of hydrogen-bond donors (Lipinski definition) is 0. The molecule has 0 N–H and O–H groups in total. The summed E-state index contributed by atoms with van der Waals surface area (Å²) >= 11 is 0. The zero-order valence-corrected chi connectivity index (χ0v) is 19.4. The second-order valence-corrected chi connectivity index (χ2v) is 6.89. The first kappa shape index (κ1) is 29.9. The molecule has 0 radical (unpaired) electrons.